The van der Waals surface area contributed by atoms with Gasteiger partial charge in [0.15, 0.2) is 0 Å². The van der Waals surface area contributed by atoms with Crippen molar-refractivity contribution in [2.24, 2.45) is 5.14 Å². The molecule has 0 atom stereocenters. The zero-order valence-corrected chi connectivity index (χ0v) is 11.8. The number of nitrogens with one attached hydrogen (secondary N) is 1. The van der Waals surface area contributed by atoms with Crippen LogP contribution in [-0.2, 0) is 10.0 Å². The van der Waals surface area contributed by atoms with Crippen molar-refractivity contribution in [3.63, 3.8) is 0 Å². The van der Waals surface area contributed by atoms with Gasteiger partial charge in [-0.15, -0.1) is 11.3 Å². The van der Waals surface area contributed by atoms with E-state index in [9.17, 15) is 13.2 Å². The van der Waals surface area contributed by atoms with E-state index < -0.39 is 10.0 Å². The Labute approximate surface area is 119 Å². The molecule has 0 saturated heterocycles. The summed E-state index contributed by atoms with van der Waals surface area (Å²) in [4.78, 5) is 12.2. The van der Waals surface area contributed by atoms with Gasteiger partial charge in [0.1, 0.15) is 4.88 Å². The molecular weight excluding hydrogens is 308 g/mol. The smallest absolute Gasteiger partial charge is 0.267 e. The molecule has 1 aromatic heterocycles. The van der Waals surface area contributed by atoms with E-state index in [2.05, 4.69) is 5.32 Å². The van der Waals surface area contributed by atoms with Crippen LogP contribution in [0.3, 0.4) is 0 Å². The zero-order chi connectivity index (χ0) is 14.0. The van der Waals surface area contributed by atoms with Crippen molar-refractivity contribution < 1.29 is 13.2 Å². The van der Waals surface area contributed by atoms with E-state index in [1.165, 1.54) is 35.6 Å². The maximum Gasteiger partial charge on any atom is 0.267 e. The second-order valence-corrected chi connectivity index (χ2v) is 6.51. The summed E-state index contributed by atoms with van der Waals surface area (Å²) >= 11 is 7.06. The third-order valence-electron chi connectivity index (χ3n) is 2.26. The number of halogens is 1. The van der Waals surface area contributed by atoms with Gasteiger partial charge in [-0.25, -0.2) is 13.6 Å². The molecule has 0 aliphatic rings. The molecular formula is C11H9ClN2O3S2. The number of rotatable bonds is 3. The van der Waals surface area contributed by atoms with Crippen LogP contribution in [0.1, 0.15) is 9.67 Å². The van der Waals surface area contributed by atoms with Crippen molar-refractivity contribution in [3.8, 4) is 0 Å². The van der Waals surface area contributed by atoms with Crippen LogP contribution in [0, 0.1) is 0 Å². The van der Waals surface area contributed by atoms with Crippen molar-refractivity contribution in [2.45, 2.75) is 4.90 Å². The van der Waals surface area contributed by atoms with E-state index in [4.69, 9.17) is 16.7 Å². The molecule has 8 heteroatoms. The van der Waals surface area contributed by atoms with Crippen molar-refractivity contribution in [2.75, 3.05) is 5.32 Å². The molecule has 1 amide bonds. The third-order valence-corrected chi connectivity index (χ3v) is 4.53. The van der Waals surface area contributed by atoms with E-state index in [0.717, 1.165) is 0 Å². The van der Waals surface area contributed by atoms with Crippen molar-refractivity contribution >= 4 is 44.6 Å². The van der Waals surface area contributed by atoms with Gasteiger partial charge in [-0.05, 0) is 35.7 Å². The summed E-state index contributed by atoms with van der Waals surface area (Å²) < 4.78 is 22.1. The fourth-order valence-electron chi connectivity index (χ4n) is 1.37. The molecule has 0 radical (unpaired) electrons. The average Bonchev–Trinajstić information content (AvgIpc) is 2.75. The first-order valence-corrected chi connectivity index (χ1v) is 7.85. The van der Waals surface area contributed by atoms with Gasteiger partial charge in [-0.2, -0.15) is 0 Å². The van der Waals surface area contributed by atoms with Crippen LogP contribution in [0.4, 0.5) is 5.69 Å². The largest absolute Gasteiger partial charge is 0.321 e. The van der Waals surface area contributed by atoms with Gasteiger partial charge in [0.2, 0.25) is 10.0 Å². The lowest BCUT2D eigenvalue weighted by Crippen LogP contribution is -2.13. The van der Waals surface area contributed by atoms with Crippen molar-refractivity contribution in [1.29, 1.82) is 0 Å². The summed E-state index contributed by atoms with van der Waals surface area (Å²) in [5.41, 5.74) is 0.460. The molecule has 2 aromatic rings. The van der Waals surface area contributed by atoms with Crippen LogP contribution < -0.4 is 10.5 Å². The van der Waals surface area contributed by atoms with E-state index in [1.54, 1.807) is 11.4 Å². The van der Waals surface area contributed by atoms with Crippen molar-refractivity contribution in [3.05, 3.63) is 45.6 Å². The van der Waals surface area contributed by atoms with Crippen LogP contribution in [-0.4, -0.2) is 14.3 Å². The van der Waals surface area contributed by atoms with Crippen LogP contribution in [0.25, 0.3) is 0 Å². The monoisotopic (exact) mass is 316 g/mol. The number of amides is 1. The lowest BCUT2D eigenvalue weighted by molar-refractivity contribution is 0.103. The molecule has 2 rings (SSSR count). The molecule has 0 unspecified atom stereocenters. The maximum absolute atomic E-state index is 11.8. The predicted octanol–water partition coefficient (Wildman–Crippen LogP) is 2.30. The number of carbonyl (C=O) groups is 1. The topological polar surface area (TPSA) is 89.3 Å². The molecule has 0 aliphatic heterocycles. The normalized spacial score (nSPS) is 11.3. The summed E-state index contributed by atoms with van der Waals surface area (Å²) in [7, 11) is -3.73. The summed E-state index contributed by atoms with van der Waals surface area (Å²) in [6.07, 6.45) is 0. The Balaban J connectivity index is 2.17. The molecule has 0 bridgehead atoms. The molecule has 0 spiro atoms. The molecule has 0 fully saturated rings. The highest BCUT2D eigenvalue weighted by Crippen LogP contribution is 2.23. The maximum atomic E-state index is 11.8. The van der Waals surface area contributed by atoms with Gasteiger partial charge < -0.3 is 5.32 Å². The highest BCUT2D eigenvalue weighted by atomic mass is 35.5. The number of carbonyl (C=O) groups excluding carboxylic acids is 1. The Morgan fingerprint density at radius 3 is 2.32 bits per heavy atom. The van der Waals surface area contributed by atoms with E-state index in [1.807, 2.05) is 0 Å². The first kappa shape index (κ1) is 14.0. The van der Waals surface area contributed by atoms with Gasteiger partial charge in [-0.3, -0.25) is 4.79 Å². The lowest BCUT2D eigenvalue weighted by atomic mass is 10.3. The molecule has 19 heavy (non-hydrogen) atoms. The number of nitrogens with two attached hydrogens (primary N) is 1. The molecule has 1 heterocycles. The minimum Gasteiger partial charge on any atom is -0.321 e. The summed E-state index contributed by atoms with van der Waals surface area (Å²) in [6.45, 7) is 0. The molecule has 5 nitrogen and oxygen atoms in total. The first-order valence-electron chi connectivity index (χ1n) is 5.05. The number of hydrogen-bond acceptors (Lipinski definition) is 4. The van der Waals surface area contributed by atoms with Gasteiger partial charge in [0, 0.05) is 5.69 Å². The SMILES string of the molecule is NS(=O)(=O)c1ccc(NC(=O)c2sccc2Cl)cc1. The minimum absolute atomic E-state index is 0.0142. The summed E-state index contributed by atoms with van der Waals surface area (Å²) in [6, 6.07) is 7.19. The predicted molar refractivity (Wildman–Crippen MR) is 75.1 cm³/mol. The summed E-state index contributed by atoms with van der Waals surface area (Å²) in [5.74, 6) is -0.344. The fraction of sp³-hybridized carbons (Fsp3) is 0. The number of benzene rings is 1. The second-order valence-electron chi connectivity index (χ2n) is 3.62. The minimum atomic E-state index is -3.73. The van der Waals surface area contributed by atoms with Crippen molar-refractivity contribution in [1.82, 2.24) is 0 Å². The Hall–Kier alpha value is -1.41. The van der Waals surface area contributed by atoms with Crippen LogP contribution in [0.2, 0.25) is 5.02 Å². The highest BCUT2D eigenvalue weighted by molar-refractivity contribution is 7.89. The first-order chi connectivity index (χ1) is 8.88. The molecule has 0 saturated carbocycles. The Bertz CT molecular complexity index is 708. The van der Waals surface area contributed by atoms with Crippen LogP contribution >= 0.6 is 22.9 Å². The van der Waals surface area contributed by atoms with Gasteiger partial charge in [0.05, 0.1) is 9.92 Å². The second kappa shape index (κ2) is 5.30. The quantitative estimate of drug-likeness (QED) is 0.910. The molecule has 3 N–H and O–H groups in total. The fourth-order valence-corrected chi connectivity index (χ4v) is 2.92. The summed E-state index contributed by atoms with van der Waals surface area (Å²) in [5, 5.41) is 9.68. The standard InChI is InChI=1S/C11H9ClN2O3S2/c12-9-5-6-18-10(9)11(15)14-7-1-3-8(4-2-7)19(13,16)17/h1-6H,(H,14,15)(H2,13,16,17). The van der Waals surface area contributed by atoms with Crippen LogP contribution in [0.15, 0.2) is 40.6 Å². The average molecular weight is 317 g/mol. The number of hydrogen-bond donors (Lipinski definition) is 2. The van der Waals surface area contributed by atoms with Gasteiger partial charge in [-0.1, -0.05) is 11.6 Å². The number of sulfonamides is 1. The third kappa shape index (κ3) is 3.32. The number of primary sulfonamides is 1. The number of thiophene rings is 1. The van der Waals surface area contributed by atoms with Crippen LogP contribution in [0.5, 0.6) is 0 Å². The van der Waals surface area contributed by atoms with Gasteiger partial charge in [0.25, 0.3) is 5.91 Å². The Kier molecular flexibility index (Phi) is 3.91. The number of anilines is 1. The Morgan fingerprint density at radius 2 is 1.84 bits per heavy atom. The van der Waals surface area contributed by atoms with E-state index >= 15 is 0 Å². The lowest BCUT2D eigenvalue weighted by Gasteiger charge is -2.05. The zero-order valence-electron chi connectivity index (χ0n) is 9.46. The van der Waals surface area contributed by atoms with E-state index in [-0.39, 0.29) is 10.8 Å². The highest BCUT2D eigenvalue weighted by Gasteiger charge is 2.12. The van der Waals surface area contributed by atoms with E-state index in [0.29, 0.717) is 15.6 Å². The molecule has 100 valence electrons. The van der Waals surface area contributed by atoms with Gasteiger partial charge >= 0.3 is 0 Å². The molecule has 1 aromatic carbocycles. The Morgan fingerprint density at radius 1 is 1.21 bits per heavy atom. The molecule has 0 aliphatic carbocycles.